The van der Waals surface area contributed by atoms with E-state index in [9.17, 15) is 9.50 Å². The van der Waals surface area contributed by atoms with E-state index in [2.05, 4.69) is 9.68 Å². The van der Waals surface area contributed by atoms with Gasteiger partial charge in [-0.05, 0) is 25.1 Å². The number of aliphatic hydroxyl groups excluding tert-OH is 1. The number of hydrogen-bond donors (Lipinski definition) is 1. The Morgan fingerprint density at radius 1 is 1.53 bits per heavy atom. The molecule has 0 fully saturated rings. The molecule has 2 rings (SSSR count). The van der Waals surface area contributed by atoms with Gasteiger partial charge < -0.3 is 14.4 Å². The lowest BCUT2D eigenvalue weighted by molar-refractivity contribution is 0.189. The third-order valence-corrected chi connectivity index (χ3v) is 2.30. The first-order valence-corrected chi connectivity index (χ1v) is 5.15. The van der Waals surface area contributed by atoms with Crippen LogP contribution in [0.5, 0.6) is 5.75 Å². The van der Waals surface area contributed by atoms with Gasteiger partial charge >= 0.3 is 0 Å². The minimum Gasteiger partial charge on any atom is -0.488 e. The maximum atomic E-state index is 13.0. The van der Waals surface area contributed by atoms with E-state index < -0.39 is 11.9 Å². The predicted octanol–water partition coefficient (Wildman–Crippen LogP) is 2.45. The van der Waals surface area contributed by atoms with Crippen LogP contribution in [0.4, 0.5) is 4.39 Å². The SMILES string of the molecule is C[C@@H](O)c1cc(F)ccc1OCc1cnoc1. The number of nitrogens with zero attached hydrogens (tertiary/aromatic N) is 1. The van der Waals surface area contributed by atoms with Crippen molar-refractivity contribution in [3.63, 3.8) is 0 Å². The first-order chi connectivity index (χ1) is 8.16. The zero-order valence-corrected chi connectivity index (χ0v) is 9.26. The fourth-order valence-electron chi connectivity index (χ4n) is 1.44. The van der Waals surface area contributed by atoms with Crippen LogP contribution in [0.3, 0.4) is 0 Å². The third kappa shape index (κ3) is 2.82. The molecule has 1 aromatic carbocycles. The normalized spacial score (nSPS) is 12.4. The first-order valence-electron chi connectivity index (χ1n) is 5.15. The zero-order valence-electron chi connectivity index (χ0n) is 9.26. The summed E-state index contributed by atoms with van der Waals surface area (Å²) < 4.78 is 23.2. The number of aliphatic hydroxyl groups is 1. The van der Waals surface area contributed by atoms with Crippen molar-refractivity contribution in [2.24, 2.45) is 0 Å². The Bertz CT molecular complexity index is 483. The van der Waals surface area contributed by atoms with Gasteiger partial charge in [0.1, 0.15) is 24.4 Å². The average Bonchev–Trinajstić information content (AvgIpc) is 2.80. The van der Waals surface area contributed by atoms with E-state index in [4.69, 9.17) is 4.74 Å². The molecule has 0 spiro atoms. The summed E-state index contributed by atoms with van der Waals surface area (Å²) in [6.45, 7) is 1.82. The minimum atomic E-state index is -0.789. The molecule has 0 saturated carbocycles. The molecule has 90 valence electrons. The quantitative estimate of drug-likeness (QED) is 0.887. The lowest BCUT2D eigenvalue weighted by Gasteiger charge is -2.12. The fourth-order valence-corrected chi connectivity index (χ4v) is 1.44. The second kappa shape index (κ2) is 4.97. The van der Waals surface area contributed by atoms with Crippen molar-refractivity contribution in [3.8, 4) is 5.75 Å². The van der Waals surface area contributed by atoms with Crippen LogP contribution in [0.25, 0.3) is 0 Å². The second-order valence-corrected chi connectivity index (χ2v) is 3.68. The van der Waals surface area contributed by atoms with Crippen molar-refractivity contribution in [3.05, 3.63) is 47.6 Å². The Morgan fingerprint density at radius 2 is 2.35 bits per heavy atom. The van der Waals surface area contributed by atoms with Gasteiger partial charge in [0.05, 0.1) is 12.3 Å². The summed E-state index contributed by atoms with van der Waals surface area (Å²) in [5, 5.41) is 13.1. The molecule has 0 aliphatic carbocycles. The molecule has 2 aromatic rings. The first kappa shape index (κ1) is 11.6. The maximum Gasteiger partial charge on any atom is 0.130 e. The summed E-state index contributed by atoms with van der Waals surface area (Å²) in [6.07, 6.45) is 2.21. The van der Waals surface area contributed by atoms with Crippen LogP contribution in [-0.2, 0) is 6.61 Å². The average molecular weight is 237 g/mol. The molecule has 0 saturated heterocycles. The van der Waals surface area contributed by atoms with Crippen molar-refractivity contribution in [2.75, 3.05) is 0 Å². The molecule has 5 heteroatoms. The Balaban J connectivity index is 2.14. The van der Waals surface area contributed by atoms with Gasteiger partial charge in [0.25, 0.3) is 0 Å². The van der Waals surface area contributed by atoms with Gasteiger partial charge in [-0.3, -0.25) is 0 Å². The molecule has 1 atom stereocenters. The molecule has 0 bridgehead atoms. The van der Waals surface area contributed by atoms with Gasteiger partial charge in [-0.15, -0.1) is 0 Å². The van der Waals surface area contributed by atoms with Crippen molar-refractivity contribution in [1.82, 2.24) is 5.16 Å². The molecule has 1 aromatic heterocycles. The number of benzene rings is 1. The van der Waals surface area contributed by atoms with Crippen LogP contribution in [0.1, 0.15) is 24.2 Å². The Kier molecular flexibility index (Phi) is 3.39. The summed E-state index contributed by atoms with van der Waals surface area (Å²) in [5.74, 6) is 0.0424. The van der Waals surface area contributed by atoms with Crippen LogP contribution in [0.15, 0.2) is 35.2 Å². The van der Waals surface area contributed by atoms with Crippen molar-refractivity contribution in [2.45, 2.75) is 19.6 Å². The van der Waals surface area contributed by atoms with E-state index >= 15 is 0 Å². The van der Waals surface area contributed by atoms with Crippen LogP contribution in [0, 0.1) is 5.82 Å². The standard InChI is InChI=1S/C12H12FNO3/c1-8(15)11-4-10(13)2-3-12(11)16-6-9-5-14-17-7-9/h2-5,7-8,15H,6H2,1H3/t8-/m1/s1. The molecule has 0 aliphatic rings. The Labute approximate surface area is 97.6 Å². The van der Waals surface area contributed by atoms with Gasteiger partial charge in [0.2, 0.25) is 0 Å². The van der Waals surface area contributed by atoms with E-state index in [0.29, 0.717) is 11.3 Å². The molecule has 4 nitrogen and oxygen atoms in total. The summed E-state index contributed by atoms with van der Waals surface area (Å²) >= 11 is 0. The smallest absolute Gasteiger partial charge is 0.130 e. The summed E-state index contributed by atoms with van der Waals surface area (Å²) in [5.41, 5.74) is 1.19. The number of aromatic nitrogens is 1. The van der Waals surface area contributed by atoms with Gasteiger partial charge in [0, 0.05) is 11.1 Å². The third-order valence-electron chi connectivity index (χ3n) is 2.30. The monoisotopic (exact) mass is 237 g/mol. The molecule has 1 heterocycles. The zero-order chi connectivity index (χ0) is 12.3. The van der Waals surface area contributed by atoms with Crippen molar-refractivity contribution < 1.29 is 18.8 Å². The Morgan fingerprint density at radius 3 is 3.00 bits per heavy atom. The van der Waals surface area contributed by atoms with E-state index in [1.807, 2.05) is 0 Å². The van der Waals surface area contributed by atoms with E-state index in [0.717, 1.165) is 5.56 Å². The molecule has 1 N–H and O–H groups in total. The lowest BCUT2D eigenvalue weighted by Crippen LogP contribution is -2.01. The minimum absolute atomic E-state index is 0.259. The maximum absolute atomic E-state index is 13.0. The topological polar surface area (TPSA) is 55.5 Å². The van der Waals surface area contributed by atoms with Crippen LogP contribution >= 0.6 is 0 Å². The predicted molar refractivity (Wildman–Crippen MR) is 57.9 cm³/mol. The number of hydrogen-bond acceptors (Lipinski definition) is 4. The molecule has 0 amide bonds. The van der Waals surface area contributed by atoms with Gasteiger partial charge in [-0.25, -0.2) is 4.39 Å². The van der Waals surface area contributed by atoms with E-state index in [1.165, 1.54) is 30.7 Å². The summed E-state index contributed by atoms with van der Waals surface area (Å²) in [6, 6.07) is 4.04. The number of ether oxygens (including phenoxy) is 1. The molecule has 0 unspecified atom stereocenters. The molecule has 0 radical (unpaired) electrons. The number of rotatable bonds is 4. The highest BCUT2D eigenvalue weighted by molar-refractivity contribution is 5.35. The lowest BCUT2D eigenvalue weighted by atomic mass is 10.1. The molecular weight excluding hydrogens is 225 g/mol. The van der Waals surface area contributed by atoms with Crippen LogP contribution in [-0.4, -0.2) is 10.3 Å². The van der Waals surface area contributed by atoms with E-state index in [-0.39, 0.29) is 6.61 Å². The largest absolute Gasteiger partial charge is 0.488 e. The van der Waals surface area contributed by atoms with Crippen LogP contribution < -0.4 is 4.74 Å². The number of halogens is 1. The molecule has 0 aliphatic heterocycles. The summed E-state index contributed by atoms with van der Waals surface area (Å²) in [4.78, 5) is 0. The highest BCUT2D eigenvalue weighted by Crippen LogP contribution is 2.26. The van der Waals surface area contributed by atoms with E-state index in [1.54, 1.807) is 6.92 Å². The van der Waals surface area contributed by atoms with Crippen LogP contribution in [0.2, 0.25) is 0 Å². The van der Waals surface area contributed by atoms with Gasteiger partial charge in [0.15, 0.2) is 0 Å². The second-order valence-electron chi connectivity index (χ2n) is 3.68. The Hall–Kier alpha value is -1.88. The highest BCUT2D eigenvalue weighted by atomic mass is 19.1. The summed E-state index contributed by atoms with van der Waals surface area (Å²) in [7, 11) is 0. The molecular formula is C12H12FNO3. The fraction of sp³-hybridized carbons (Fsp3) is 0.250. The highest BCUT2D eigenvalue weighted by Gasteiger charge is 2.11. The van der Waals surface area contributed by atoms with Gasteiger partial charge in [-0.1, -0.05) is 5.16 Å². The van der Waals surface area contributed by atoms with Crippen molar-refractivity contribution >= 4 is 0 Å². The van der Waals surface area contributed by atoms with Crippen molar-refractivity contribution in [1.29, 1.82) is 0 Å². The molecule has 17 heavy (non-hydrogen) atoms. The van der Waals surface area contributed by atoms with Gasteiger partial charge in [-0.2, -0.15) is 0 Å².